The summed E-state index contributed by atoms with van der Waals surface area (Å²) in [6.45, 7) is 0.421. The molecule has 0 aliphatic carbocycles. The first-order valence-corrected chi connectivity index (χ1v) is 7.58. The van der Waals surface area contributed by atoms with Gasteiger partial charge >= 0.3 is 12.1 Å². The average molecular weight is 339 g/mol. The summed E-state index contributed by atoms with van der Waals surface area (Å²) in [6, 6.07) is 9.90. The number of urea groups is 2. The van der Waals surface area contributed by atoms with Crippen LogP contribution in [0.4, 0.5) is 9.59 Å². The minimum atomic E-state index is -0.942. The number of benzene rings is 1. The highest BCUT2D eigenvalue weighted by Gasteiger charge is 2.34. The van der Waals surface area contributed by atoms with E-state index in [1.165, 1.54) is 12.5 Å². The van der Waals surface area contributed by atoms with Crippen LogP contribution in [0.25, 0.3) is 0 Å². The van der Waals surface area contributed by atoms with Crippen molar-refractivity contribution in [1.29, 1.82) is 0 Å². The van der Waals surface area contributed by atoms with Crippen LogP contribution in [0.3, 0.4) is 0 Å². The Morgan fingerprint density at radius 2 is 2.04 bits per heavy atom. The average Bonchev–Trinajstić information content (AvgIpc) is 3.28. The van der Waals surface area contributed by atoms with Crippen LogP contribution in [0.15, 0.2) is 58.2 Å². The van der Waals surface area contributed by atoms with Crippen LogP contribution in [-0.4, -0.2) is 47.6 Å². The molecule has 3 rings (SSSR count). The van der Waals surface area contributed by atoms with E-state index in [2.05, 4.69) is 10.4 Å². The summed E-state index contributed by atoms with van der Waals surface area (Å²) < 4.78 is 5.10. The Bertz CT molecular complexity index is 773. The topological polar surface area (TPSA) is 95.2 Å². The molecule has 8 heteroatoms. The number of hydrazone groups is 1. The molecular formula is C17H15N4O4. The second kappa shape index (κ2) is 7.43. The molecule has 1 aliphatic rings. The van der Waals surface area contributed by atoms with Crippen LogP contribution in [0.5, 0.6) is 0 Å². The van der Waals surface area contributed by atoms with Crippen LogP contribution < -0.4 is 5.32 Å². The van der Waals surface area contributed by atoms with E-state index in [9.17, 15) is 14.4 Å². The first kappa shape index (κ1) is 16.4. The molecule has 1 aromatic heterocycles. The highest BCUT2D eigenvalue weighted by Crippen LogP contribution is 2.14. The van der Waals surface area contributed by atoms with Gasteiger partial charge in [0.05, 0.1) is 25.6 Å². The Morgan fingerprint density at radius 3 is 2.72 bits per heavy atom. The predicted octanol–water partition coefficient (Wildman–Crippen LogP) is 1.91. The number of imide groups is 1. The minimum absolute atomic E-state index is 0.167. The van der Waals surface area contributed by atoms with E-state index in [4.69, 9.17) is 4.42 Å². The van der Waals surface area contributed by atoms with E-state index in [0.29, 0.717) is 11.3 Å². The van der Waals surface area contributed by atoms with E-state index >= 15 is 0 Å². The van der Waals surface area contributed by atoms with Gasteiger partial charge in [-0.15, -0.1) is 0 Å². The van der Waals surface area contributed by atoms with Crippen molar-refractivity contribution in [1.82, 2.24) is 15.2 Å². The minimum Gasteiger partial charge on any atom is -0.463 e. The first-order chi connectivity index (χ1) is 12.2. The second-order valence-electron chi connectivity index (χ2n) is 5.23. The molecule has 1 unspecified atom stereocenters. The lowest BCUT2D eigenvalue weighted by molar-refractivity contribution is 0.185. The number of hydrogen-bond donors (Lipinski definition) is 1. The zero-order valence-electron chi connectivity index (χ0n) is 13.2. The molecule has 0 bridgehead atoms. The first-order valence-electron chi connectivity index (χ1n) is 7.58. The summed E-state index contributed by atoms with van der Waals surface area (Å²) in [5, 5.41) is 7.65. The molecule has 2 heterocycles. The monoisotopic (exact) mass is 339 g/mol. The van der Waals surface area contributed by atoms with E-state index in [1.807, 2.05) is 0 Å². The van der Waals surface area contributed by atoms with Crippen molar-refractivity contribution in [3.63, 3.8) is 0 Å². The molecule has 1 aliphatic heterocycles. The molecule has 1 saturated heterocycles. The summed E-state index contributed by atoms with van der Waals surface area (Å²) in [7, 11) is 0. The third-order valence-corrected chi connectivity index (χ3v) is 3.62. The highest BCUT2D eigenvalue weighted by molar-refractivity contribution is 5.96. The molecule has 1 N–H and O–H groups in total. The van der Waals surface area contributed by atoms with Gasteiger partial charge in [-0.1, -0.05) is 30.3 Å². The van der Waals surface area contributed by atoms with E-state index in [0.717, 1.165) is 9.91 Å². The van der Waals surface area contributed by atoms with Crippen LogP contribution in [0.2, 0.25) is 0 Å². The second-order valence-corrected chi connectivity index (χ2v) is 5.23. The van der Waals surface area contributed by atoms with E-state index in [1.54, 1.807) is 48.8 Å². The lowest BCUT2D eigenvalue weighted by Gasteiger charge is -2.18. The van der Waals surface area contributed by atoms with Crippen molar-refractivity contribution in [2.75, 3.05) is 13.1 Å². The number of rotatable bonds is 5. The molecule has 4 amide bonds. The van der Waals surface area contributed by atoms with Crippen molar-refractivity contribution in [2.24, 2.45) is 5.10 Å². The van der Waals surface area contributed by atoms with Gasteiger partial charge in [-0.2, -0.15) is 5.10 Å². The number of carbonyl (C=O) groups is 2. The van der Waals surface area contributed by atoms with Crippen molar-refractivity contribution in [3.05, 3.63) is 60.1 Å². The SMILES string of the molecule is O=[C]C(NC(=O)N1CCN(/N=C/c2ccco2)C1=O)c1ccccc1. The van der Waals surface area contributed by atoms with Gasteiger partial charge in [0.2, 0.25) is 6.29 Å². The maximum Gasteiger partial charge on any atom is 0.348 e. The van der Waals surface area contributed by atoms with Crippen LogP contribution in [-0.2, 0) is 4.79 Å². The lowest BCUT2D eigenvalue weighted by Crippen LogP contribution is -2.43. The maximum absolute atomic E-state index is 12.3. The Morgan fingerprint density at radius 1 is 1.24 bits per heavy atom. The normalized spacial score (nSPS) is 15.6. The van der Waals surface area contributed by atoms with Crippen molar-refractivity contribution >= 4 is 24.6 Å². The lowest BCUT2D eigenvalue weighted by atomic mass is 10.1. The molecule has 8 nitrogen and oxygen atoms in total. The number of nitrogens with zero attached hydrogens (tertiary/aromatic N) is 3. The Balaban J connectivity index is 1.63. The molecule has 25 heavy (non-hydrogen) atoms. The predicted molar refractivity (Wildman–Crippen MR) is 88.5 cm³/mol. The number of hydrogen-bond acceptors (Lipinski definition) is 5. The molecule has 1 aromatic carbocycles. The highest BCUT2D eigenvalue weighted by atomic mass is 16.3. The van der Waals surface area contributed by atoms with Gasteiger partial charge < -0.3 is 9.73 Å². The molecule has 0 spiro atoms. The summed E-state index contributed by atoms with van der Waals surface area (Å²) in [5.41, 5.74) is 0.588. The zero-order chi connectivity index (χ0) is 17.6. The number of furan rings is 1. The van der Waals surface area contributed by atoms with Gasteiger partial charge in [-0.05, 0) is 17.7 Å². The fourth-order valence-corrected chi connectivity index (χ4v) is 2.34. The molecule has 1 radical (unpaired) electrons. The van der Waals surface area contributed by atoms with Crippen molar-refractivity contribution in [2.45, 2.75) is 6.04 Å². The third kappa shape index (κ3) is 3.74. The summed E-state index contributed by atoms with van der Waals surface area (Å²) in [6.07, 6.45) is 4.65. The van der Waals surface area contributed by atoms with Crippen LogP contribution in [0.1, 0.15) is 17.4 Å². The Hall–Kier alpha value is -3.42. The van der Waals surface area contributed by atoms with Gasteiger partial charge in [0, 0.05) is 0 Å². The molecule has 0 saturated carbocycles. The fraction of sp³-hybridized carbons (Fsp3) is 0.176. The largest absolute Gasteiger partial charge is 0.463 e. The van der Waals surface area contributed by atoms with Gasteiger partial charge in [0.25, 0.3) is 0 Å². The standard InChI is InChI=1S/C17H15N4O4/c22-12-15(13-5-2-1-3-6-13)19-16(23)20-8-9-21(17(20)24)18-11-14-7-4-10-25-14/h1-7,10-11,15H,8-9H2,(H,19,23)/b18-11+. The summed E-state index contributed by atoms with van der Waals surface area (Å²) in [5.74, 6) is 0.496. The van der Waals surface area contributed by atoms with Gasteiger partial charge in [0.15, 0.2) is 0 Å². The van der Waals surface area contributed by atoms with Gasteiger partial charge in [-0.3, -0.25) is 4.79 Å². The number of nitrogens with one attached hydrogen (secondary N) is 1. The third-order valence-electron chi connectivity index (χ3n) is 3.62. The van der Waals surface area contributed by atoms with Crippen LogP contribution >= 0.6 is 0 Å². The molecule has 127 valence electrons. The van der Waals surface area contributed by atoms with E-state index < -0.39 is 18.1 Å². The fourth-order valence-electron chi connectivity index (χ4n) is 2.34. The van der Waals surface area contributed by atoms with Crippen LogP contribution in [0, 0.1) is 0 Å². The van der Waals surface area contributed by atoms with Gasteiger partial charge in [-0.25, -0.2) is 19.5 Å². The molecular weight excluding hydrogens is 324 g/mol. The molecule has 1 fully saturated rings. The van der Waals surface area contributed by atoms with E-state index in [-0.39, 0.29) is 13.1 Å². The Labute approximate surface area is 143 Å². The van der Waals surface area contributed by atoms with Crippen molar-refractivity contribution < 1.29 is 18.8 Å². The summed E-state index contributed by atoms with van der Waals surface area (Å²) >= 11 is 0. The Kier molecular flexibility index (Phi) is 4.89. The quantitative estimate of drug-likeness (QED) is 0.842. The zero-order valence-corrected chi connectivity index (χ0v) is 13.2. The maximum atomic E-state index is 12.3. The molecule has 1 atom stereocenters. The smallest absolute Gasteiger partial charge is 0.348 e. The van der Waals surface area contributed by atoms with Gasteiger partial charge in [0.1, 0.15) is 11.8 Å². The van der Waals surface area contributed by atoms with Crippen molar-refractivity contribution in [3.8, 4) is 0 Å². The number of carbonyl (C=O) groups excluding carboxylic acids is 3. The molecule has 2 aromatic rings. The summed E-state index contributed by atoms with van der Waals surface area (Å²) in [4.78, 5) is 36.7. The number of amides is 4.